The molecule has 1 amide bonds. The van der Waals surface area contributed by atoms with Gasteiger partial charge in [-0.05, 0) is 68.0 Å². The summed E-state index contributed by atoms with van der Waals surface area (Å²) in [6, 6.07) is 10.8. The summed E-state index contributed by atoms with van der Waals surface area (Å²) in [5, 5.41) is 4.28. The van der Waals surface area contributed by atoms with E-state index in [0.29, 0.717) is 6.42 Å². The molecule has 1 aliphatic rings. The third-order valence-electron chi connectivity index (χ3n) is 5.97. The highest BCUT2D eigenvalue weighted by Crippen LogP contribution is 2.30. The minimum atomic E-state index is -0.226. The van der Waals surface area contributed by atoms with Crippen molar-refractivity contribution in [3.63, 3.8) is 0 Å². The van der Waals surface area contributed by atoms with E-state index in [4.69, 9.17) is 4.98 Å². The molecular weight excluding hydrogens is 391 g/mol. The van der Waals surface area contributed by atoms with Gasteiger partial charge in [-0.3, -0.25) is 14.5 Å². The van der Waals surface area contributed by atoms with Gasteiger partial charge in [-0.1, -0.05) is 12.1 Å². The monoisotopic (exact) mass is 420 g/mol. The summed E-state index contributed by atoms with van der Waals surface area (Å²) in [5.74, 6) is 0.229. The fourth-order valence-corrected chi connectivity index (χ4v) is 4.34. The van der Waals surface area contributed by atoms with Gasteiger partial charge in [-0.25, -0.2) is 4.39 Å². The molecule has 0 bridgehead atoms. The Bertz CT molecular complexity index is 1040. The summed E-state index contributed by atoms with van der Waals surface area (Å²) in [5.41, 5.74) is 5.32. The molecule has 4 rings (SSSR count). The summed E-state index contributed by atoms with van der Waals surface area (Å²) in [6.07, 6.45) is 8.00. The van der Waals surface area contributed by atoms with E-state index in [1.807, 2.05) is 31.3 Å². The number of aryl methyl sites for hydroxylation is 3. The molecule has 5 nitrogen and oxygen atoms in total. The van der Waals surface area contributed by atoms with Crippen LogP contribution in [-0.4, -0.2) is 38.7 Å². The van der Waals surface area contributed by atoms with Crippen LogP contribution in [0.25, 0.3) is 11.1 Å². The van der Waals surface area contributed by atoms with Gasteiger partial charge >= 0.3 is 0 Å². The first kappa shape index (κ1) is 21.2. The number of amides is 1. The van der Waals surface area contributed by atoms with Crippen molar-refractivity contribution in [2.75, 3.05) is 13.1 Å². The van der Waals surface area contributed by atoms with Crippen LogP contribution in [0.4, 0.5) is 4.39 Å². The smallest absolute Gasteiger partial charge is 0.222 e. The Balaban J connectivity index is 1.38. The lowest BCUT2D eigenvalue weighted by atomic mass is 9.92. The second-order valence-electron chi connectivity index (χ2n) is 8.48. The van der Waals surface area contributed by atoms with E-state index in [1.165, 1.54) is 12.1 Å². The Hall–Kier alpha value is -3.02. The molecule has 162 valence electrons. The van der Waals surface area contributed by atoms with E-state index in [2.05, 4.69) is 17.2 Å². The van der Waals surface area contributed by atoms with Crippen molar-refractivity contribution in [3.8, 4) is 11.1 Å². The van der Waals surface area contributed by atoms with Crippen LogP contribution in [0.5, 0.6) is 0 Å². The van der Waals surface area contributed by atoms with E-state index < -0.39 is 0 Å². The zero-order valence-corrected chi connectivity index (χ0v) is 18.2. The lowest BCUT2D eigenvalue weighted by molar-refractivity contribution is -0.132. The minimum absolute atomic E-state index is 0.201. The number of nitrogens with zero attached hydrogens (tertiary/aromatic N) is 4. The molecule has 6 heteroatoms. The Morgan fingerprint density at radius 1 is 1.19 bits per heavy atom. The number of hydrogen-bond donors (Lipinski definition) is 0. The first-order valence-electron chi connectivity index (χ1n) is 11.0. The number of aromatic nitrogens is 3. The zero-order chi connectivity index (χ0) is 21.8. The molecule has 1 saturated heterocycles. The molecule has 0 aliphatic carbocycles. The maximum Gasteiger partial charge on any atom is 0.222 e. The summed E-state index contributed by atoms with van der Waals surface area (Å²) in [7, 11) is 1.92. The third kappa shape index (κ3) is 5.37. The van der Waals surface area contributed by atoms with Gasteiger partial charge < -0.3 is 4.90 Å². The summed E-state index contributed by atoms with van der Waals surface area (Å²) in [6.45, 7) is 3.55. The van der Waals surface area contributed by atoms with Crippen molar-refractivity contribution in [3.05, 3.63) is 71.6 Å². The number of benzene rings is 1. The van der Waals surface area contributed by atoms with Crippen LogP contribution in [-0.2, 0) is 18.3 Å². The van der Waals surface area contributed by atoms with Crippen molar-refractivity contribution in [2.24, 2.45) is 7.05 Å². The molecule has 1 atom stereocenters. The maximum atomic E-state index is 13.0. The van der Waals surface area contributed by atoms with Gasteiger partial charge in [0, 0.05) is 55.6 Å². The van der Waals surface area contributed by atoms with Crippen LogP contribution >= 0.6 is 0 Å². The minimum Gasteiger partial charge on any atom is -0.342 e. The first-order chi connectivity index (χ1) is 15.0. The van der Waals surface area contributed by atoms with E-state index in [-0.39, 0.29) is 17.6 Å². The lowest BCUT2D eigenvalue weighted by Crippen LogP contribution is -2.39. The highest BCUT2D eigenvalue weighted by molar-refractivity contribution is 5.76. The van der Waals surface area contributed by atoms with Crippen LogP contribution in [0.2, 0.25) is 0 Å². The lowest BCUT2D eigenvalue weighted by Gasteiger charge is -2.33. The molecule has 0 saturated carbocycles. The quantitative estimate of drug-likeness (QED) is 0.583. The molecule has 1 aromatic carbocycles. The Labute approximate surface area is 182 Å². The van der Waals surface area contributed by atoms with Gasteiger partial charge in [0.15, 0.2) is 0 Å². The summed E-state index contributed by atoms with van der Waals surface area (Å²) >= 11 is 0. The number of carbonyl (C=O) groups is 1. The summed E-state index contributed by atoms with van der Waals surface area (Å²) in [4.78, 5) is 19.6. The Morgan fingerprint density at radius 3 is 2.74 bits per heavy atom. The van der Waals surface area contributed by atoms with Crippen molar-refractivity contribution in [2.45, 2.75) is 44.9 Å². The van der Waals surface area contributed by atoms with Crippen molar-refractivity contribution in [1.29, 1.82) is 0 Å². The van der Waals surface area contributed by atoms with E-state index >= 15 is 0 Å². The number of piperidine rings is 1. The number of halogens is 1. The number of pyridine rings is 1. The standard InChI is InChI=1S/C25H29FN4O/c1-18-13-21(22-15-27-29(2)16-22)14-24(28-18)20-6-4-12-30(17-20)25(31)7-3-5-19-8-10-23(26)11-9-19/h8-11,13-16,20H,3-7,12,17H2,1-2H3/t20-/m0/s1. The van der Waals surface area contributed by atoms with Crippen molar-refractivity contribution < 1.29 is 9.18 Å². The van der Waals surface area contributed by atoms with Crippen molar-refractivity contribution >= 4 is 5.91 Å². The normalized spacial score (nSPS) is 16.5. The van der Waals surface area contributed by atoms with Gasteiger partial charge in [0.05, 0.1) is 6.20 Å². The second kappa shape index (κ2) is 9.41. The topological polar surface area (TPSA) is 51.0 Å². The van der Waals surface area contributed by atoms with Crippen LogP contribution in [0.3, 0.4) is 0 Å². The van der Waals surface area contributed by atoms with Crippen LogP contribution in [0, 0.1) is 12.7 Å². The van der Waals surface area contributed by atoms with Gasteiger partial charge in [-0.2, -0.15) is 5.10 Å². The van der Waals surface area contributed by atoms with Crippen LogP contribution < -0.4 is 0 Å². The Morgan fingerprint density at radius 2 is 2.00 bits per heavy atom. The number of rotatable bonds is 6. The molecule has 3 aromatic rings. The molecule has 2 aromatic heterocycles. The third-order valence-corrected chi connectivity index (χ3v) is 5.97. The molecule has 0 radical (unpaired) electrons. The molecule has 0 unspecified atom stereocenters. The highest BCUT2D eigenvalue weighted by atomic mass is 19.1. The zero-order valence-electron chi connectivity index (χ0n) is 18.2. The highest BCUT2D eigenvalue weighted by Gasteiger charge is 2.26. The van der Waals surface area contributed by atoms with Gasteiger partial charge in [-0.15, -0.1) is 0 Å². The molecule has 1 fully saturated rings. The number of hydrogen-bond acceptors (Lipinski definition) is 3. The molecule has 31 heavy (non-hydrogen) atoms. The van der Waals surface area contributed by atoms with Crippen LogP contribution in [0.15, 0.2) is 48.8 Å². The SMILES string of the molecule is Cc1cc(-c2cnn(C)c2)cc([C@H]2CCCN(C(=O)CCCc3ccc(F)cc3)C2)n1. The predicted octanol–water partition coefficient (Wildman–Crippen LogP) is 4.66. The maximum absolute atomic E-state index is 13.0. The molecule has 0 spiro atoms. The van der Waals surface area contributed by atoms with E-state index in [9.17, 15) is 9.18 Å². The van der Waals surface area contributed by atoms with E-state index in [0.717, 1.165) is 66.9 Å². The molecular formula is C25H29FN4O. The van der Waals surface area contributed by atoms with E-state index in [1.54, 1.807) is 16.8 Å². The van der Waals surface area contributed by atoms with Crippen LogP contribution in [0.1, 0.15) is 48.6 Å². The average Bonchev–Trinajstić information content (AvgIpc) is 3.21. The average molecular weight is 421 g/mol. The second-order valence-corrected chi connectivity index (χ2v) is 8.48. The Kier molecular flexibility index (Phi) is 6.44. The molecule has 1 aliphatic heterocycles. The van der Waals surface area contributed by atoms with Gasteiger partial charge in [0.1, 0.15) is 5.82 Å². The number of carbonyl (C=O) groups excluding carboxylic acids is 1. The predicted molar refractivity (Wildman–Crippen MR) is 119 cm³/mol. The molecule has 0 N–H and O–H groups in total. The fraction of sp³-hybridized carbons (Fsp3) is 0.400. The largest absolute Gasteiger partial charge is 0.342 e. The summed E-state index contributed by atoms with van der Waals surface area (Å²) < 4.78 is 14.8. The van der Waals surface area contributed by atoms with Crippen molar-refractivity contribution in [1.82, 2.24) is 19.7 Å². The van der Waals surface area contributed by atoms with Gasteiger partial charge in [0.25, 0.3) is 0 Å². The number of likely N-dealkylation sites (tertiary alicyclic amines) is 1. The fourth-order valence-electron chi connectivity index (χ4n) is 4.34. The first-order valence-corrected chi connectivity index (χ1v) is 11.0. The van der Waals surface area contributed by atoms with Gasteiger partial charge in [0.2, 0.25) is 5.91 Å². The molecule has 3 heterocycles.